The van der Waals surface area contributed by atoms with Crippen LogP contribution in [-0.4, -0.2) is 34.7 Å². The van der Waals surface area contributed by atoms with E-state index in [0.29, 0.717) is 24.0 Å². The van der Waals surface area contributed by atoms with Crippen molar-refractivity contribution in [3.8, 4) is 5.88 Å². The highest BCUT2D eigenvalue weighted by Gasteiger charge is 2.05. The Morgan fingerprint density at radius 2 is 2.28 bits per heavy atom. The van der Waals surface area contributed by atoms with E-state index >= 15 is 0 Å². The van der Waals surface area contributed by atoms with Crippen LogP contribution in [0.3, 0.4) is 0 Å². The average molecular weight is 253 g/mol. The van der Waals surface area contributed by atoms with Gasteiger partial charge in [0.25, 0.3) is 0 Å². The van der Waals surface area contributed by atoms with Gasteiger partial charge in [-0.15, -0.1) is 0 Å². The largest absolute Gasteiger partial charge is 0.481 e. The highest BCUT2D eigenvalue weighted by molar-refractivity contribution is 5.66. The van der Waals surface area contributed by atoms with E-state index in [0.717, 1.165) is 13.0 Å². The third kappa shape index (κ3) is 5.47. The molecule has 6 heteroatoms. The van der Waals surface area contributed by atoms with Crippen molar-refractivity contribution in [2.45, 2.75) is 26.2 Å². The summed E-state index contributed by atoms with van der Waals surface area (Å²) in [7, 11) is 1.56. The second-order valence-electron chi connectivity index (χ2n) is 4.20. The molecule has 0 bridgehead atoms. The Bertz CT molecular complexity index is 385. The third-order valence-corrected chi connectivity index (χ3v) is 2.65. The molecule has 100 valence electrons. The van der Waals surface area contributed by atoms with Gasteiger partial charge in [-0.2, -0.15) is 0 Å². The van der Waals surface area contributed by atoms with Gasteiger partial charge in [0.15, 0.2) is 0 Å². The molecular formula is C12H19N3O3. The molecule has 0 aliphatic heterocycles. The number of nitrogens with one attached hydrogen (secondary N) is 1. The Hall–Kier alpha value is -1.85. The van der Waals surface area contributed by atoms with Crippen molar-refractivity contribution in [1.29, 1.82) is 0 Å². The summed E-state index contributed by atoms with van der Waals surface area (Å²) in [6.45, 7) is 2.80. The maximum Gasteiger partial charge on any atom is 0.303 e. The molecule has 0 fully saturated rings. The highest BCUT2D eigenvalue weighted by atomic mass is 16.5. The molecule has 1 aromatic rings. The van der Waals surface area contributed by atoms with Crippen LogP contribution >= 0.6 is 0 Å². The summed E-state index contributed by atoms with van der Waals surface area (Å²) in [4.78, 5) is 18.4. The van der Waals surface area contributed by atoms with Gasteiger partial charge in [0, 0.05) is 19.0 Å². The fourth-order valence-corrected chi connectivity index (χ4v) is 1.51. The molecule has 0 saturated carbocycles. The second-order valence-corrected chi connectivity index (χ2v) is 4.20. The number of methoxy groups -OCH3 is 1. The number of rotatable bonds is 8. The second kappa shape index (κ2) is 7.47. The highest BCUT2D eigenvalue weighted by Crippen LogP contribution is 2.13. The Labute approximate surface area is 106 Å². The zero-order chi connectivity index (χ0) is 13.4. The predicted octanol–water partition coefficient (Wildman–Crippen LogP) is 1.79. The fourth-order valence-electron chi connectivity index (χ4n) is 1.51. The molecule has 0 aromatic carbocycles. The van der Waals surface area contributed by atoms with Gasteiger partial charge in [0.1, 0.15) is 12.1 Å². The summed E-state index contributed by atoms with van der Waals surface area (Å²) < 4.78 is 4.99. The number of carboxylic acids is 1. The Kier molecular flexibility index (Phi) is 5.90. The summed E-state index contributed by atoms with van der Waals surface area (Å²) in [6, 6.07) is 1.72. The number of anilines is 1. The van der Waals surface area contributed by atoms with Gasteiger partial charge in [0.05, 0.1) is 7.11 Å². The van der Waals surface area contributed by atoms with E-state index in [9.17, 15) is 4.79 Å². The number of aromatic nitrogens is 2. The summed E-state index contributed by atoms with van der Waals surface area (Å²) in [5, 5.41) is 11.7. The molecule has 1 heterocycles. The summed E-state index contributed by atoms with van der Waals surface area (Å²) in [6.07, 6.45) is 3.27. The van der Waals surface area contributed by atoms with Gasteiger partial charge in [-0.3, -0.25) is 4.79 Å². The number of carbonyl (C=O) groups is 1. The lowest BCUT2D eigenvalue weighted by Crippen LogP contribution is -2.09. The Morgan fingerprint density at radius 3 is 2.94 bits per heavy atom. The van der Waals surface area contributed by atoms with Gasteiger partial charge in [-0.05, 0) is 18.8 Å². The van der Waals surface area contributed by atoms with Crippen LogP contribution < -0.4 is 10.1 Å². The molecular weight excluding hydrogens is 234 g/mol. The van der Waals surface area contributed by atoms with Gasteiger partial charge >= 0.3 is 5.97 Å². The molecule has 0 amide bonds. The minimum absolute atomic E-state index is 0.225. The van der Waals surface area contributed by atoms with E-state index in [-0.39, 0.29) is 6.42 Å². The molecule has 1 atom stereocenters. The standard InChI is InChI=1S/C12H19N3O3/c1-9(3-4-12(16)17)5-6-13-10-7-11(18-2)15-8-14-10/h7-9H,3-6H2,1-2H3,(H,16,17)(H,13,14,15). The fraction of sp³-hybridized carbons (Fsp3) is 0.583. The maximum absolute atomic E-state index is 10.4. The first-order valence-electron chi connectivity index (χ1n) is 5.93. The van der Waals surface area contributed by atoms with Crippen LogP contribution in [0, 0.1) is 5.92 Å². The third-order valence-electron chi connectivity index (χ3n) is 2.65. The van der Waals surface area contributed by atoms with E-state index in [1.165, 1.54) is 6.33 Å². The number of hydrogen-bond donors (Lipinski definition) is 2. The zero-order valence-corrected chi connectivity index (χ0v) is 10.7. The molecule has 6 nitrogen and oxygen atoms in total. The van der Waals surface area contributed by atoms with E-state index in [1.807, 2.05) is 6.92 Å². The van der Waals surface area contributed by atoms with Crippen molar-refractivity contribution in [3.05, 3.63) is 12.4 Å². The quantitative estimate of drug-likeness (QED) is 0.734. The minimum atomic E-state index is -0.740. The van der Waals surface area contributed by atoms with Gasteiger partial charge < -0.3 is 15.2 Å². The molecule has 18 heavy (non-hydrogen) atoms. The lowest BCUT2D eigenvalue weighted by Gasteiger charge is -2.11. The monoisotopic (exact) mass is 253 g/mol. The zero-order valence-electron chi connectivity index (χ0n) is 10.7. The first-order chi connectivity index (χ1) is 8.61. The molecule has 0 radical (unpaired) electrons. The first kappa shape index (κ1) is 14.2. The van der Waals surface area contributed by atoms with E-state index in [4.69, 9.17) is 9.84 Å². The molecule has 1 aromatic heterocycles. The smallest absolute Gasteiger partial charge is 0.303 e. The number of nitrogens with zero attached hydrogens (tertiary/aromatic N) is 2. The first-order valence-corrected chi connectivity index (χ1v) is 5.93. The number of aliphatic carboxylic acids is 1. The molecule has 0 saturated heterocycles. The van der Waals surface area contributed by atoms with Gasteiger partial charge in [-0.25, -0.2) is 9.97 Å². The maximum atomic E-state index is 10.4. The van der Waals surface area contributed by atoms with Crippen molar-refractivity contribution in [3.63, 3.8) is 0 Å². The van der Waals surface area contributed by atoms with Crippen molar-refractivity contribution >= 4 is 11.8 Å². The van der Waals surface area contributed by atoms with Crippen molar-refractivity contribution in [2.24, 2.45) is 5.92 Å². The van der Waals surface area contributed by atoms with Crippen LogP contribution in [0.5, 0.6) is 5.88 Å². The van der Waals surface area contributed by atoms with Gasteiger partial charge in [-0.1, -0.05) is 6.92 Å². The van der Waals surface area contributed by atoms with Crippen molar-refractivity contribution < 1.29 is 14.6 Å². The molecule has 2 N–H and O–H groups in total. The average Bonchev–Trinajstić information content (AvgIpc) is 2.36. The van der Waals surface area contributed by atoms with E-state index in [2.05, 4.69) is 15.3 Å². The summed E-state index contributed by atoms with van der Waals surface area (Å²) in [5.41, 5.74) is 0. The Balaban J connectivity index is 2.26. The normalized spacial score (nSPS) is 11.9. The Morgan fingerprint density at radius 1 is 1.50 bits per heavy atom. The number of carboxylic acid groups (broad SMARTS) is 1. The van der Waals surface area contributed by atoms with Crippen molar-refractivity contribution in [2.75, 3.05) is 19.0 Å². The number of hydrogen-bond acceptors (Lipinski definition) is 5. The topological polar surface area (TPSA) is 84.3 Å². The summed E-state index contributed by atoms with van der Waals surface area (Å²) >= 11 is 0. The van der Waals surface area contributed by atoms with Crippen LogP contribution in [0.4, 0.5) is 5.82 Å². The van der Waals surface area contributed by atoms with E-state index in [1.54, 1.807) is 13.2 Å². The molecule has 1 unspecified atom stereocenters. The molecule has 1 rings (SSSR count). The molecule has 0 spiro atoms. The lowest BCUT2D eigenvalue weighted by atomic mass is 10.0. The molecule has 0 aliphatic rings. The lowest BCUT2D eigenvalue weighted by molar-refractivity contribution is -0.137. The minimum Gasteiger partial charge on any atom is -0.481 e. The van der Waals surface area contributed by atoms with E-state index < -0.39 is 5.97 Å². The predicted molar refractivity (Wildman–Crippen MR) is 67.7 cm³/mol. The van der Waals surface area contributed by atoms with Crippen LogP contribution in [0.25, 0.3) is 0 Å². The van der Waals surface area contributed by atoms with Crippen LogP contribution in [0.15, 0.2) is 12.4 Å². The van der Waals surface area contributed by atoms with Crippen LogP contribution in [0.1, 0.15) is 26.2 Å². The van der Waals surface area contributed by atoms with Crippen LogP contribution in [-0.2, 0) is 4.79 Å². The number of ether oxygens (including phenoxy) is 1. The van der Waals surface area contributed by atoms with Crippen LogP contribution in [0.2, 0.25) is 0 Å². The van der Waals surface area contributed by atoms with Crippen molar-refractivity contribution in [1.82, 2.24) is 9.97 Å². The summed E-state index contributed by atoms with van der Waals surface area (Å²) in [5.74, 6) is 0.867. The SMILES string of the molecule is COc1cc(NCCC(C)CCC(=O)O)ncn1. The van der Waals surface area contributed by atoms with Gasteiger partial charge in [0.2, 0.25) is 5.88 Å². The molecule has 0 aliphatic carbocycles.